The fourth-order valence-electron chi connectivity index (χ4n) is 3.46. The predicted octanol–water partition coefficient (Wildman–Crippen LogP) is 3.82. The highest BCUT2D eigenvalue weighted by Gasteiger charge is 2.23. The maximum Gasteiger partial charge on any atom is 0.274 e. The highest BCUT2D eigenvalue weighted by Crippen LogP contribution is 2.18. The van der Waals surface area contributed by atoms with Crippen LogP contribution >= 0.6 is 0 Å². The highest BCUT2D eigenvalue weighted by atomic mass is 16.2. The molecule has 0 bridgehead atoms. The Morgan fingerprint density at radius 1 is 1.12 bits per heavy atom. The number of carbonyl (C=O) groups is 2. The van der Waals surface area contributed by atoms with Crippen LogP contribution in [0.3, 0.4) is 0 Å². The van der Waals surface area contributed by atoms with Crippen molar-refractivity contribution in [3.05, 3.63) is 58.9 Å². The first kappa shape index (κ1) is 18.1. The summed E-state index contributed by atoms with van der Waals surface area (Å²) in [6.07, 6.45) is 2.16. The summed E-state index contributed by atoms with van der Waals surface area (Å²) in [5.41, 5.74) is 3.47. The van der Waals surface area contributed by atoms with Gasteiger partial charge in [0.05, 0.1) is 0 Å². The van der Waals surface area contributed by atoms with Gasteiger partial charge in [0.25, 0.3) is 11.8 Å². The van der Waals surface area contributed by atoms with Crippen LogP contribution in [0.4, 0.5) is 5.69 Å². The molecule has 1 atom stereocenters. The molecule has 2 heterocycles. The Kier molecular flexibility index (Phi) is 5.35. The lowest BCUT2D eigenvalue weighted by Gasteiger charge is -2.30. The molecule has 1 aromatic heterocycles. The fourth-order valence-corrected chi connectivity index (χ4v) is 3.46. The molecule has 1 N–H and O–H groups in total. The van der Waals surface area contributed by atoms with Gasteiger partial charge in [-0.1, -0.05) is 19.1 Å². The predicted molar refractivity (Wildman–Crippen MR) is 102 cm³/mol. The van der Waals surface area contributed by atoms with Crippen LogP contribution in [-0.2, 0) is 0 Å². The first-order valence-electron chi connectivity index (χ1n) is 9.08. The van der Waals surface area contributed by atoms with E-state index >= 15 is 0 Å². The van der Waals surface area contributed by atoms with E-state index in [-0.39, 0.29) is 17.5 Å². The average molecular weight is 351 g/mol. The number of carbonyl (C=O) groups excluding carboxylic acids is 2. The summed E-state index contributed by atoms with van der Waals surface area (Å²) < 4.78 is 0. The second-order valence-corrected chi connectivity index (χ2v) is 7.24. The Hall–Kier alpha value is -2.69. The maximum atomic E-state index is 12.7. The van der Waals surface area contributed by atoms with Crippen LogP contribution in [0.2, 0.25) is 0 Å². The second kappa shape index (κ2) is 7.68. The molecule has 2 amide bonds. The molecule has 0 aliphatic carbocycles. The number of benzene rings is 1. The van der Waals surface area contributed by atoms with Crippen molar-refractivity contribution in [1.82, 2.24) is 9.88 Å². The van der Waals surface area contributed by atoms with Crippen LogP contribution in [0.15, 0.2) is 36.4 Å². The standard InChI is InChI=1S/C21H25N3O2/c1-14-6-5-9-24(13-14)21(26)19-8-4-7-18(23-19)20(25)22-17-11-15(2)10-16(3)12-17/h4,7-8,10-12,14H,5-6,9,13H2,1-3H3,(H,22,25). The number of aryl methyl sites for hydroxylation is 2. The van der Waals surface area contributed by atoms with E-state index in [0.29, 0.717) is 11.6 Å². The van der Waals surface area contributed by atoms with Crippen molar-refractivity contribution in [3.8, 4) is 0 Å². The third-order valence-corrected chi connectivity index (χ3v) is 4.62. The number of amides is 2. The molecule has 26 heavy (non-hydrogen) atoms. The minimum atomic E-state index is -0.309. The number of pyridine rings is 1. The lowest BCUT2D eigenvalue weighted by Crippen LogP contribution is -2.39. The van der Waals surface area contributed by atoms with Crippen molar-refractivity contribution in [2.45, 2.75) is 33.6 Å². The minimum absolute atomic E-state index is 0.0994. The summed E-state index contributed by atoms with van der Waals surface area (Å²) in [4.78, 5) is 31.4. The van der Waals surface area contributed by atoms with E-state index in [1.54, 1.807) is 18.2 Å². The van der Waals surface area contributed by atoms with Gasteiger partial charge in [0.15, 0.2) is 0 Å². The van der Waals surface area contributed by atoms with Gasteiger partial charge < -0.3 is 10.2 Å². The Balaban J connectivity index is 1.75. The zero-order valence-corrected chi connectivity index (χ0v) is 15.6. The van der Waals surface area contributed by atoms with Crippen molar-refractivity contribution in [2.24, 2.45) is 5.92 Å². The number of likely N-dealkylation sites (tertiary alicyclic amines) is 1. The number of hydrogen-bond acceptors (Lipinski definition) is 3. The van der Waals surface area contributed by atoms with Gasteiger partial charge >= 0.3 is 0 Å². The summed E-state index contributed by atoms with van der Waals surface area (Å²) in [5, 5.41) is 2.87. The van der Waals surface area contributed by atoms with Crippen molar-refractivity contribution >= 4 is 17.5 Å². The molecule has 1 aromatic carbocycles. The van der Waals surface area contributed by atoms with Crippen LogP contribution in [0.1, 0.15) is 51.9 Å². The zero-order chi connectivity index (χ0) is 18.7. The van der Waals surface area contributed by atoms with Gasteiger partial charge in [-0.2, -0.15) is 0 Å². The van der Waals surface area contributed by atoms with Crippen LogP contribution < -0.4 is 5.32 Å². The molecule has 0 spiro atoms. The molecular weight excluding hydrogens is 326 g/mol. The summed E-state index contributed by atoms with van der Waals surface area (Å²) in [5.74, 6) is 0.0954. The minimum Gasteiger partial charge on any atom is -0.337 e. The molecular formula is C21H25N3O2. The molecule has 5 heteroatoms. The third kappa shape index (κ3) is 4.28. The first-order valence-corrected chi connectivity index (χ1v) is 9.08. The smallest absolute Gasteiger partial charge is 0.274 e. The van der Waals surface area contributed by atoms with E-state index in [1.807, 2.05) is 36.9 Å². The van der Waals surface area contributed by atoms with E-state index in [1.165, 1.54) is 0 Å². The number of piperidine rings is 1. The molecule has 2 aromatic rings. The average Bonchev–Trinajstić information content (AvgIpc) is 2.60. The highest BCUT2D eigenvalue weighted by molar-refractivity contribution is 6.04. The summed E-state index contributed by atoms with van der Waals surface area (Å²) >= 11 is 0. The topological polar surface area (TPSA) is 62.3 Å². The van der Waals surface area contributed by atoms with E-state index in [0.717, 1.165) is 42.7 Å². The monoisotopic (exact) mass is 351 g/mol. The molecule has 3 rings (SSSR count). The zero-order valence-electron chi connectivity index (χ0n) is 15.6. The summed E-state index contributed by atoms with van der Waals surface area (Å²) in [6.45, 7) is 7.63. The second-order valence-electron chi connectivity index (χ2n) is 7.24. The van der Waals surface area contributed by atoms with Gasteiger partial charge in [-0.25, -0.2) is 4.98 Å². The van der Waals surface area contributed by atoms with E-state index in [9.17, 15) is 9.59 Å². The number of nitrogens with zero attached hydrogens (tertiary/aromatic N) is 2. The number of hydrogen-bond donors (Lipinski definition) is 1. The number of anilines is 1. The molecule has 1 aliphatic heterocycles. The number of nitrogens with one attached hydrogen (secondary N) is 1. The van der Waals surface area contributed by atoms with Gasteiger partial charge in [0.2, 0.25) is 0 Å². The molecule has 5 nitrogen and oxygen atoms in total. The maximum absolute atomic E-state index is 12.7. The van der Waals surface area contributed by atoms with E-state index in [4.69, 9.17) is 0 Å². The Labute approximate surface area is 154 Å². The Morgan fingerprint density at radius 2 is 1.81 bits per heavy atom. The normalized spacial score (nSPS) is 17.0. The number of rotatable bonds is 3. The van der Waals surface area contributed by atoms with Gasteiger partial charge in [0, 0.05) is 18.8 Å². The third-order valence-electron chi connectivity index (χ3n) is 4.62. The van der Waals surface area contributed by atoms with Crippen LogP contribution in [0, 0.1) is 19.8 Å². The van der Waals surface area contributed by atoms with Crippen molar-refractivity contribution in [3.63, 3.8) is 0 Å². The van der Waals surface area contributed by atoms with Crippen molar-refractivity contribution in [2.75, 3.05) is 18.4 Å². The molecule has 1 fully saturated rings. The lowest BCUT2D eigenvalue weighted by atomic mass is 10.00. The largest absolute Gasteiger partial charge is 0.337 e. The molecule has 136 valence electrons. The Morgan fingerprint density at radius 3 is 2.50 bits per heavy atom. The molecule has 1 unspecified atom stereocenters. The lowest BCUT2D eigenvalue weighted by molar-refractivity contribution is 0.0677. The molecule has 0 radical (unpaired) electrons. The van der Waals surface area contributed by atoms with Crippen LogP contribution in [-0.4, -0.2) is 34.8 Å². The van der Waals surface area contributed by atoms with Gasteiger partial charge in [-0.05, 0) is 68.0 Å². The quantitative estimate of drug-likeness (QED) is 0.914. The SMILES string of the molecule is Cc1cc(C)cc(NC(=O)c2cccc(C(=O)N3CCCC(C)C3)n2)c1. The summed E-state index contributed by atoms with van der Waals surface area (Å²) in [6, 6.07) is 10.9. The van der Waals surface area contributed by atoms with Crippen LogP contribution in [0.5, 0.6) is 0 Å². The van der Waals surface area contributed by atoms with Crippen LogP contribution in [0.25, 0.3) is 0 Å². The van der Waals surface area contributed by atoms with Gasteiger partial charge in [-0.3, -0.25) is 9.59 Å². The first-order chi connectivity index (χ1) is 12.4. The van der Waals surface area contributed by atoms with Crippen molar-refractivity contribution in [1.29, 1.82) is 0 Å². The van der Waals surface area contributed by atoms with Crippen molar-refractivity contribution < 1.29 is 9.59 Å². The summed E-state index contributed by atoms with van der Waals surface area (Å²) in [7, 11) is 0. The van der Waals surface area contributed by atoms with E-state index in [2.05, 4.69) is 17.2 Å². The van der Waals surface area contributed by atoms with E-state index < -0.39 is 0 Å². The molecule has 1 saturated heterocycles. The molecule has 1 aliphatic rings. The molecule has 0 saturated carbocycles. The number of aromatic nitrogens is 1. The van der Waals surface area contributed by atoms with Gasteiger partial charge in [-0.15, -0.1) is 0 Å². The van der Waals surface area contributed by atoms with Gasteiger partial charge in [0.1, 0.15) is 11.4 Å². The fraction of sp³-hybridized carbons (Fsp3) is 0.381. The Bertz CT molecular complexity index is 812.